The summed E-state index contributed by atoms with van der Waals surface area (Å²) in [4.78, 5) is 10.8. The van der Waals surface area contributed by atoms with Crippen molar-refractivity contribution in [2.45, 2.75) is 6.10 Å². The number of benzene rings is 2. The van der Waals surface area contributed by atoms with E-state index in [9.17, 15) is 9.90 Å². The van der Waals surface area contributed by atoms with Crippen molar-refractivity contribution in [1.29, 1.82) is 0 Å². The third kappa shape index (κ3) is 5.73. The van der Waals surface area contributed by atoms with Crippen LogP contribution < -0.4 is 4.74 Å². The van der Waals surface area contributed by atoms with Crippen LogP contribution in [0.2, 0.25) is 0 Å². The first-order valence-corrected chi connectivity index (χ1v) is 7.35. The minimum Gasteiger partial charge on any atom is -0.491 e. The lowest BCUT2D eigenvalue weighted by Gasteiger charge is -2.12. The van der Waals surface area contributed by atoms with Gasteiger partial charge in [-0.1, -0.05) is 36.9 Å². The van der Waals surface area contributed by atoms with Crippen LogP contribution in [0.25, 0.3) is 10.8 Å². The van der Waals surface area contributed by atoms with Crippen molar-refractivity contribution in [1.82, 2.24) is 0 Å². The van der Waals surface area contributed by atoms with Crippen LogP contribution in [-0.2, 0) is 14.3 Å². The Balaban J connectivity index is 1.64. The smallest absolute Gasteiger partial charge is 0.330 e. The summed E-state index contributed by atoms with van der Waals surface area (Å²) >= 11 is 0. The maximum atomic E-state index is 10.8. The number of rotatable bonds is 9. The number of hydrogen-bond acceptors (Lipinski definition) is 5. The van der Waals surface area contributed by atoms with E-state index in [0.717, 1.165) is 22.6 Å². The van der Waals surface area contributed by atoms with Crippen molar-refractivity contribution >= 4 is 16.7 Å². The largest absolute Gasteiger partial charge is 0.491 e. The van der Waals surface area contributed by atoms with Crippen LogP contribution in [0.1, 0.15) is 0 Å². The molecule has 0 aliphatic rings. The molecule has 2 aromatic rings. The van der Waals surface area contributed by atoms with Gasteiger partial charge in [-0.3, -0.25) is 0 Å². The van der Waals surface area contributed by atoms with Gasteiger partial charge in [0, 0.05) is 6.08 Å². The Morgan fingerprint density at radius 1 is 1.13 bits per heavy atom. The van der Waals surface area contributed by atoms with E-state index in [1.807, 2.05) is 42.5 Å². The lowest BCUT2D eigenvalue weighted by molar-refractivity contribution is -0.141. The lowest BCUT2D eigenvalue weighted by Crippen LogP contribution is -2.24. The summed E-state index contributed by atoms with van der Waals surface area (Å²) in [6.45, 7) is 3.93. The molecule has 122 valence electrons. The highest BCUT2D eigenvalue weighted by Gasteiger charge is 2.07. The van der Waals surface area contributed by atoms with E-state index in [-0.39, 0.29) is 13.2 Å². The van der Waals surface area contributed by atoms with E-state index in [0.29, 0.717) is 13.2 Å². The Bertz CT molecular complexity index is 653. The van der Waals surface area contributed by atoms with Crippen molar-refractivity contribution in [3.05, 3.63) is 55.1 Å². The minimum atomic E-state index is -0.862. The Labute approximate surface area is 135 Å². The average molecular weight is 316 g/mol. The maximum absolute atomic E-state index is 10.8. The SMILES string of the molecule is C=CC(=O)OCC(O)COCCOc1ccc2ccccc2c1. The monoisotopic (exact) mass is 316 g/mol. The fraction of sp³-hybridized carbons (Fsp3) is 0.278. The molecule has 0 aliphatic carbocycles. The molecule has 2 aromatic carbocycles. The van der Waals surface area contributed by atoms with E-state index < -0.39 is 12.1 Å². The van der Waals surface area contributed by atoms with E-state index in [1.165, 1.54) is 0 Å². The molecule has 1 N–H and O–H groups in total. The van der Waals surface area contributed by atoms with Gasteiger partial charge in [-0.15, -0.1) is 0 Å². The van der Waals surface area contributed by atoms with Crippen LogP contribution in [-0.4, -0.2) is 43.6 Å². The molecular formula is C18H20O5. The molecule has 0 spiro atoms. The van der Waals surface area contributed by atoms with Crippen LogP contribution >= 0.6 is 0 Å². The van der Waals surface area contributed by atoms with Crippen molar-refractivity contribution in [2.24, 2.45) is 0 Å². The van der Waals surface area contributed by atoms with Crippen LogP contribution in [0, 0.1) is 0 Å². The zero-order valence-electron chi connectivity index (χ0n) is 12.8. The quantitative estimate of drug-likeness (QED) is 0.437. The Morgan fingerprint density at radius 3 is 2.70 bits per heavy atom. The zero-order chi connectivity index (χ0) is 16.5. The number of ether oxygens (including phenoxy) is 3. The zero-order valence-corrected chi connectivity index (χ0v) is 12.8. The second kappa shape index (κ2) is 8.92. The van der Waals surface area contributed by atoms with Gasteiger partial charge in [-0.2, -0.15) is 0 Å². The van der Waals surface area contributed by atoms with Gasteiger partial charge in [0.2, 0.25) is 0 Å². The molecule has 0 radical (unpaired) electrons. The van der Waals surface area contributed by atoms with Gasteiger partial charge < -0.3 is 19.3 Å². The molecule has 0 fully saturated rings. The van der Waals surface area contributed by atoms with Gasteiger partial charge in [0.1, 0.15) is 25.1 Å². The molecule has 0 saturated carbocycles. The number of hydrogen-bond donors (Lipinski definition) is 1. The van der Waals surface area contributed by atoms with Crippen LogP contribution in [0.5, 0.6) is 5.75 Å². The molecule has 0 aromatic heterocycles. The summed E-state index contributed by atoms with van der Waals surface area (Å²) in [5.41, 5.74) is 0. The molecule has 0 amide bonds. The molecule has 1 atom stereocenters. The molecule has 5 heteroatoms. The summed E-state index contributed by atoms with van der Waals surface area (Å²) in [5, 5.41) is 11.8. The van der Waals surface area contributed by atoms with E-state index in [1.54, 1.807) is 0 Å². The molecule has 0 bridgehead atoms. The summed E-state index contributed by atoms with van der Waals surface area (Å²) in [6.07, 6.45) is 0.185. The van der Waals surface area contributed by atoms with Crippen molar-refractivity contribution < 1.29 is 24.1 Å². The number of carbonyl (C=O) groups excluding carboxylic acids is 1. The number of aliphatic hydroxyl groups excluding tert-OH is 1. The van der Waals surface area contributed by atoms with Crippen LogP contribution in [0.15, 0.2) is 55.1 Å². The first kappa shape index (κ1) is 17.0. The second-order valence-corrected chi connectivity index (χ2v) is 4.92. The lowest BCUT2D eigenvalue weighted by atomic mass is 10.1. The van der Waals surface area contributed by atoms with Gasteiger partial charge >= 0.3 is 5.97 Å². The topological polar surface area (TPSA) is 65.0 Å². The van der Waals surface area contributed by atoms with Gasteiger partial charge in [0.25, 0.3) is 0 Å². The third-order valence-corrected chi connectivity index (χ3v) is 3.11. The highest BCUT2D eigenvalue weighted by molar-refractivity contribution is 5.83. The number of carbonyl (C=O) groups is 1. The summed E-state index contributed by atoms with van der Waals surface area (Å²) in [5.74, 6) is 0.205. The first-order chi connectivity index (χ1) is 11.2. The van der Waals surface area contributed by atoms with E-state index in [4.69, 9.17) is 14.2 Å². The number of aliphatic hydroxyl groups is 1. The molecule has 0 heterocycles. The average Bonchev–Trinajstić information content (AvgIpc) is 2.59. The Hall–Kier alpha value is -2.37. The van der Waals surface area contributed by atoms with E-state index in [2.05, 4.69) is 6.58 Å². The maximum Gasteiger partial charge on any atom is 0.330 e. The van der Waals surface area contributed by atoms with Crippen molar-refractivity contribution in [3.8, 4) is 5.75 Å². The standard InChI is InChI=1S/C18H20O5/c1-2-18(20)23-13-16(19)12-21-9-10-22-17-8-7-14-5-3-4-6-15(14)11-17/h2-8,11,16,19H,1,9-10,12-13H2. The predicted molar refractivity (Wildman–Crippen MR) is 87.4 cm³/mol. The molecule has 2 rings (SSSR count). The first-order valence-electron chi connectivity index (χ1n) is 7.35. The fourth-order valence-corrected chi connectivity index (χ4v) is 1.98. The third-order valence-electron chi connectivity index (χ3n) is 3.11. The molecule has 0 aliphatic heterocycles. The molecule has 1 unspecified atom stereocenters. The normalized spacial score (nSPS) is 11.9. The Kier molecular flexibility index (Phi) is 6.59. The van der Waals surface area contributed by atoms with Gasteiger partial charge in [-0.05, 0) is 22.9 Å². The van der Waals surface area contributed by atoms with E-state index >= 15 is 0 Å². The summed E-state index contributed by atoms with van der Waals surface area (Å²) in [6, 6.07) is 13.9. The highest BCUT2D eigenvalue weighted by Crippen LogP contribution is 2.20. The molecule has 5 nitrogen and oxygen atoms in total. The minimum absolute atomic E-state index is 0.0749. The molecular weight excluding hydrogens is 296 g/mol. The summed E-state index contributed by atoms with van der Waals surface area (Å²) < 4.78 is 15.6. The van der Waals surface area contributed by atoms with Crippen molar-refractivity contribution in [2.75, 3.05) is 26.4 Å². The number of esters is 1. The predicted octanol–water partition coefficient (Wildman–Crippen LogP) is 2.33. The fourth-order valence-electron chi connectivity index (χ4n) is 1.98. The molecule has 23 heavy (non-hydrogen) atoms. The summed E-state index contributed by atoms with van der Waals surface area (Å²) in [7, 11) is 0. The Morgan fingerprint density at radius 2 is 1.91 bits per heavy atom. The van der Waals surface area contributed by atoms with Gasteiger partial charge in [-0.25, -0.2) is 4.79 Å². The van der Waals surface area contributed by atoms with Gasteiger partial charge in [0.05, 0.1) is 13.2 Å². The van der Waals surface area contributed by atoms with Crippen LogP contribution in [0.3, 0.4) is 0 Å². The second-order valence-electron chi connectivity index (χ2n) is 4.92. The van der Waals surface area contributed by atoms with Crippen LogP contribution in [0.4, 0.5) is 0 Å². The number of fused-ring (bicyclic) bond motifs is 1. The molecule has 0 saturated heterocycles. The van der Waals surface area contributed by atoms with Gasteiger partial charge in [0.15, 0.2) is 0 Å². The van der Waals surface area contributed by atoms with Crippen molar-refractivity contribution in [3.63, 3.8) is 0 Å². The highest BCUT2D eigenvalue weighted by atomic mass is 16.6.